The second kappa shape index (κ2) is 6.10. The van der Waals surface area contributed by atoms with Gasteiger partial charge in [0.15, 0.2) is 0 Å². The van der Waals surface area contributed by atoms with E-state index in [0.29, 0.717) is 4.64 Å². The summed E-state index contributed by atoms with van der Waals surface area (Å²) in [5.74, 6) is 1.74. The average Bonchev–Trinajstić information content (AvgIpc) is 2.36. The Kier molecular flexibility index (Phi) is 4.66. The minimum Gasteiger partial charge on any atom is -0.346 e. The molecular formula is C16H20N2S2. The third-order valence-electron chi connectivity index (χ3n) is 3.06. The lowest BCUT2D eigenvalue weighted by molar-refractivity contribution is 0.563. The topological polar surface area (TPSA) is 28.7 Å². The summed E-state index contributed by atoms with van der Waals surface area (Å²) in [7, 11) is 0. The van der Waals surface area contributed by atoms with Gasteiger partial charge in [-0.15, -0.1) is 11.8 Å². The van der Waals surface area contributed by atoms with Crippen LogP contribution in [-0.2, 0) is 11.2 Å². The van der Waals surface area contributed by atoms with E-state index < -0.39 is 0 Å². The van der Waals surface area contributed by atoms with Crippen molar-refractivity contribution < 1.29 is 0 Å². The second-order valence-corrected chi connectivity index (χ2v) is 7.32. The SMILES string of the molecule is Cc1ccccc1SCc1nc(=S)cc(C(C)(C)C)[nH]1. The fourth-order valence-corrected chi connectivity index (χ4v) is 2.97. The fraction of sp³-hybridized carbons (Fsp3) is 0.375. The van der Waals surface area contributed by atoms with Crippen molar-refractivity contribution in [3.63, 3.8) is 0 Å². The molecule has 0 aliphatic heterocycles. The molecule has 0 amide bonds. The van der Waals surface area contributed by atoms with E-state index in [-0.39, 0.29) is 5.41 Å². The summed E-state index contributed by atoms with van der Waals surface area (Å²) in [6.45, 7) is 8.65. The maximum Gasteiger partial charge on any atom is 0.130 e. The molecule has 20 heavy (non-hydrogen) atoms. The number of rotatable bonds is 3. The van der Waals surface area contributed by atoms with Crippen molar-refractivity contribution in [2.24, 2.45) is 0 Å². The number of benzene rings is 1. The normalized spacial score (nSPS) is 11.6. The van der Waals surface area contributed by atoms with Crippen LogP contribution in [0.25, 0.3) is 0 Å². The van der Waals surface area contributed by atoms with Crippen LogP contribution in [0, 0.1) is 11.6 Å². The largest absolute Gasteiger partial charge is 0.346 e. The third-order valence-corrected chi connectivity index (χ3v) is 4.45. The molecular weight excluding hydrogens is 284 g/mol. The number of nitrogens with zero attached hydrogens (tertiary/aromatic N) is 1. The van der Waals surface area contributed by atoms with Crippen LogP contribution in [0.5, 0.6) is 0 Å². The van der Waals surface area contributed by atoms with Crippen LogP contribution in [-0.4, -0.2) is 9.97 Å². The van der Waals surface area contributed by atoms with E-state index in [4.69, 9.17) is 12.2 Å². The highest BCUT2D eigenvalue weighted by Gasteiger charge is 2.15. The Morgan fingerprint density at radius 3 is 2.60 bits per heavy atom. The Bertz CT molecular complexity index is 654. The van der Waals surface area contributed by atoms with E-state index in [9.17, 15) is 0 Å². The molecule has 0 radical (unpaired) electrons. The predicted octanol–water partition coefficient (Wildman–Crippen LogP) is 5.04. The van der Waals surface area contributed by atoms with Gasteiger partial charge in [-0.1, -0.05) is 51.2 Å². The lowest BCUT2D eigenvalue weighted by Gasteiger charge is -2.19. The number of aryl methyl sites for hydroxylation is 1. The molecule has 4 heteroatoms. The van der Waals surface area contributed by atoms with E-state index >= 15 is 0 Å². The maximum absolute atomic E-state index is 5.27. The summed E-state index contributed by atoms with van der Waals surface area (Å²) in [5.41, 5.74) is 2.49. The molecule has 2 rings (SSSR count). The van der Waals surface area contributed by atoms with E-state index in [2.05, 4.69) is 61.9 Å². The van der Waals surface area contributed by atoms with Gasteiger partial charge >= 0.3 is 0 Å². The lowest BCUT2D eigenvalue weighted by atomic mass is 9.92. The van der Waals surface area contributed by atoms with E-state index in [1.807, 2.05) is 6.07 Å². The van der Waals surface area contributed by atoms with Gasteiger partial charge in [0.05, 0.1) is 5.75 Å². The van der Waals surface area contributed by atoms with Crippen molar-refractivity contribution >= 4 is 24.0 Å². The molecule has 2 aromatic rings. The molecule has 0 aliphatic rings. The lowest BCUT2D eigenvalue weighted by Crippen LogP contribution is -2.15. The molecule has 0 saturated carbocycles. The highest BCUT2D eigenvalue weighted by molar-refractivity contribution is 7.98. The van der Waals surface area contributed by atoms with E-state index in [1.54, 1.807) is 11.8 Å². The first-order valence-corrected chi connectivity index (χ1v) is 8.05. The van der Waals surface area contributed by atoms with E-state index in [1.165, 1.54) is 10.5 Å². The Morgan fingerprint density at radius 1 is 1.25 bits per heavy atom. The molecule has 0 atom stereocenters. The predicted molar refractivity (Wildman–Crippen MR) is 88.9 cm³/mol. The summed E-state index contributed by atoms with van der Waals surface area (Å²) in [4.78, 5) is 9.13. The van der Waals surface area contributed by atoms with Crippen molar-refractivity contribution in [2.45, 2.75) is 43.8 Å². The summed E-state index contributed by atoms with van der Waals surface area (Å²) in [5, 5.41) is 0. The zero-order valence-corrected chi connectivity index (χ0v) is 14.0. The maximum atomic E-state index is 5.27. The first-order valence-electron chi connectivity index (χ1n) is 6.65. The molecule has 0 bridgehead atoms. The Hall–Kier alpha value is -1.13. The van der Waals surface area contributed by atoms with Gasteiger partial charge in [-0.2, -0.15) is 0 Å². The van der Waals surface area contributed by atoms with Crippen molar-refractivity contribution in [1.29, 1.82) is 0 Å². The van der Waals surface area contributed by atoms with Crippen molar-refractivity contribution in [1.82, 2.24) is 9.97 Å². The van der Waals surface area contributed by atoms with Gasteiger partial charge in [-0.25, -0.2) is 4.98 Å². The number of aromatic nitrogens is 2. The number of H-pyrrole nitrogens is 1. The Morgan fingerprint density at radius 2 is 1.95 bits per heavy atom. The number of nitrogens with one attached hydrogen (secondary N) is 1. The van der Waals surface area contributed by atoms with Crippen LogP contribution >= 0.6 is 24.0 Å². The number of aromatic amines is 1. The minimum atomic E-state index is 0.0541. The molecule has 1 aromatic heterocycles. The van der Waals surface area contributed by atoms with Crippen molar-refractivity contribution in [3.05, 3.63) is 52.1 Å². The molecule has 106 valence electrons. The van der Waals surface area contributed by atoms with Crippen LogP contribution < -0.4 is 0 Å². The highest BCUT2D eigenvalue weighted by Crippen LogP contribution is 2.26. The molecule has 0 saturated heterocycles. The van der Waals surface area contributed by atoms with Gasteiger partial charge in [0.2, 0.25) is 0 Å². The second-order valence-electron chi connectivity index (χ2n) is 5.88. The van der Waals surface area contributed by atoms with Crippen LogP contribution in [0.15, 0.2) is 35.2 Å². The number of hydrogen-bond donors (Lipinski definition) is 1. The Labute approximate surface area is 130 Å². The molecule has 0 fully saturated rings. The molecule has 2 nitrogen and oxygen atoms in total. The number of thioether (sulfide) groups is 1. The summed E-state index contributed by atoms with van der Waals surface area (Å²) in [6.07, 6.45) is 0. The zero-order valence-electron chi connectivity index (χ0n) is 12.4. The van der Waals surface area contributed by atoms with Crippen molar-refractivity contribution in [2.75, 3.05) is 0 Å². The first-order chi connectivity index (χ1) is 9.36. The minimum absolute atomic E-state index is 0.0541. The molecule has 1 N–H and O–H groups in total. The zero-order chi connectivity index (χ0) is 14.8. The summed E-state index contributed by atoms with van der Waals surface area (Å²) in [6, 6.07) is 10.4. The molecule has 1 aromatic carbocycles. The Balaban J connectivity index is 2.20. The van der Waals surface area contributed by atoms with Crippen LogP contribution in [0.2, 0.25) is 0 Å². The first kappa shape index (κ1) is 15.3. The average molecular weight is 304 g/mol. The van der Waals surface area contributed by atoms with Crippen LogP contribution in [0.4, 0.5) is 0 Å². The summed E-state index contributed by atoms with van der Waals surface area (Å²) >= 11 is 7.06. The van der Waals surface area contributed by atoms with Gasteiger partial charge in [-0.05, 0) is 24.6 Å². The van der Waals surface area contributed by atoms with Crippen molar-refractivity contribution in [3.8, 4) is 0 Å². The van der Waals surface area contributed by atoms with Crippen LogP contribution in [0.1, 0.15) is 37.9 Å². The molecule has 0 unspecified atom stereocenters. The van der Waals surface area contributed by atoms with Gasteiger partial charge in [0, 0.05) is 16.0 Å². The van der Waals surface area contributed by atoms with Gasteiger partial charge < -0.3 is 4.98 Å². The van der Waals surface area contributed by atoms with Gasteiger partial charge in [-0.3, -0.25) is 0 Å². The smallest absolute Gasteiger partial charge is 0.130 e. The third kappa shape index (κ3) is 3.93. The molecule has 0 aliphatic carbocycles. The van der Waals surface area contributed by atoms with Gasteiger partial charge in [0.25, 0.3) is 0 Å². The highest BCUT2D eigenvalue weighted by atomic mass is 32.2. The standard InChI is InChI=1S/C16H20N2S2/c1-11-7-5-6-8-12(11)20-10-14-17-13(16(2,3)4)9-15(19)18-14/h5-9H,10H2,1-4H3,(H,17,18,19). The molecule has 1 heterocycles. The number of hydrogen-bond acceptors (Lipinski definition) is 3. The molecule has 0 spiro atoms. The van der Waals surface area contributed by atoms with E-state index in [0.717, 1.165) is 17.3 Å². The monoisotopic (exact) mass is 304 g/mol. The fourth-order valence-electron chi connectivity index (χ4n) is 1.85. The summed E-state index contributed by atoms with van der Waals surface area (Å²) < 4.78 is 0.661. The quantitative estimate of drug-likeness (QED) is 0.636. The van der Waals surface area contributed by atoms with Gasteiger partial charge in [0.1, 0.15) is 10.5 Å². The van der Waals surface area contributed by atoms with Crippen LogP contribution in [0.3, 0.4) is 0 Å².